The van der Waals surface area contributed by atoms with Crippen LogP contribution in [0.4, 0.5) is 0 Å². The number of methoxy groups -OCH3 is 3. The van der Waals surface area contributed by atoms with Crippen LogP contribution < -0.4 is 18.9 Å². The maximum atomic E-state index is 5.37. The van der Waals surface area contributed by atoms with Crippen LogP contribution in [0.3, 0.4) is 0 Å². The third-order valence-corrected chi connectivity index (χ3v) is 1.95. The quantitative estimate of drug-likeness (QED) is 0.795. The Bertz CT molecular complexity index is 298. The van der Waals surface area contributed by atoms with Gasteiger partial charge in [-0.15, -0.1) is 0 Å². The lowest BCUT2D eigenvalue weighted by molar-refractivity contribution is 0.308. The van der Waals surface area contributed by atoms with Crippen LogP contribution in [0.25, 0.3) is 0 Å². The van der Waals surface area contributed by atoms with Crippen molar-refractivity contribution in [3.05, 3.63) is 12.1 Å². The first-order valence-electron chi connectivity index (χ1n) is 5.69. The summed E-state index contributed by atoms with van der Waals surface area (Å²) in [6.07, 6.45) is 0. The molecule has 0 saturated heterocycles. The second-order valence-electron chi connectivity index (χ2n) is 2.79. The van der Waals surface area contributed by atoms with E-state index in [1.165, 1.54) is 0 Å². The van der Waals surface area contributed by atoms with E-state index in [1.54, 1.807) is 33.5 Å². The third-order valence-electron chi connectivity index (χ3n) is 1.95. The Balaban J connectivity index is 0.00000121. The molecule has 0 aliphatic heterocycles. The summed E-state index contributed by atoms with van der Waals surface area (Å²) >= 11 is 0. The molecule has 4 nitrogen and oxygen atoms in total. The van der Waals surface area contributed by atoms with Crippen molar-refractivity contribution in [3.8, 4) is 23.0 Å². The van der Waals surface area contributed by atoms with Gasteiger partial charge in [-0.05, 0) is 6.92 Å². The van der Waals surface area contributed by atoms with E-state index in [0.29, 0.717) is 29.6 Å². The van der Waals surface area contributed by atoms with Crippen LogP contribution in [0.15, 0.2) is 12.1 Å². The molecule has 0 aliphatic rings. The first-order valence-corrected chi connectivity index (χ1v) is 5.69. The third kappa shape index (κ3) is 4.06. The van der Waals surface area contributed by atoms with Crippen LogP contribution in [0.2, 0.25) is 0 Å². The molecule has 0 N–H and O–H groups in total. The van der Waals surface area contributed by atoms with Crippen LogP contribution in [0.5, 0.6) is 23.0 Å². The van der Waals surface area contributed by atoms with E-state index in [9.17, 15) is 0 Å². The van der Waals surface area contributed by atoms with Crippen LogP contribution in [-0.4, -0.2) is 27.9 Å². The maximum Gasteiger partial charge on any atom is 0.203 e. The lowest BCUT2D eigenvalue weighted by Crippen LogP contribution is -1.97. The Kier molecular flexibility index (Phi) is 7.76. The summed E-state index contributed by atoms with van der Waals surface area (Å²) in [5.41, 5.74) is 0. The molecule has 0 amide bonds. The standard InChI is InChI=1S/C11H16O4.C2H6/c1-5-15-8-6-9(12-2)11(14-4)10(7-8)13-3;1-2/h6-7H,5H2,1-4H3;1-2H3. The summed E-state index contributed by atoms with van der Waals surface area (Å²) in [5.74, 6) is 2.47. The van der Waals surface area contributed by atoms with Crippen molar-refractivity contribution in [1.82, 2.24) is 0 Å². The molecule has 1 aromatic carbocycles. The zero-order valence-corrected chi connectivity index (χ0v) is 11.5. The minimum atomic E-state index is 0.573. The number of hydrogen-bond donors (Lipinski definition) is 0. The van der Waals surface area contributed by atoms with Gasteiger partial charge in [0.2, 0.25) is 5.75 Å². The first-order chi connectivity index (χ1) is 8.26. The molecule has 0 saturated carbocycles. The van der Waals surface area contributed by atoms with Crippen molar-refractivity contribution in [2.45, 2.75) is 20.8 Å². The van der Waals surface area contributed by atoms with Gasteiger partial charge in [-0.1, -0.05) is 13.8 Å². The van der Waals surface area contributed by atoms with E-state index in [1.807, 2.05) is 20.8 Å². The largest absolute Gasteiger partial charge is 0.494 e. The molecule has 0 fully saturated rings. The Hall–Kier alpha value is -1.58. The van der Waals surface area contributed by atoms with Crippen molar-refractivity contribution in [2.24, 2.45) is 0 Å². The molecule has 1 rings (SSSR count). The highest BCUT2D eigenvalue weighted by atomic mass is 16.5. The van der Waals surface area contributed by atoms with Gasteiger partial charge >= 0.3 is 0 Å². The summed E-state index contributed by atoms with van der Waals surface area (Å²) in [4.78, 5) is 0. The van der Waals surface area contributed by atoms with E-state index in [0.717, 1.165) is 0 Å². The summed E-state index contributed by atoms with van der Waals surface area (Å²) in [5, 5.41) is 0. The Morgan fingerprint density at radius 2 is 1.35 bits per heavy atom. The Morgan fingerprint density at radius 1 is 0.882 bits per heavy atom. The van der Waals surface area contributed by atoms with Gasteiger partial charge in [0.15, 0.2) is 11.5 Å². The lowest BCUT2D eigenvalue weighted by Gasteiger charge is -2.13. The monoisotopic (exact) mass is 242 g/mol. The van der Waals surface area contributed by atoms with Gasteiger partial charge in [0.05, 0.1) is 27.9 Å². The number of hydrogen-bond acceptors (Lipinski definition) is 4. The van der Waals surface area contributed by atoms with E-state index in [2.05, 4.69) is 0 Å². The average molecular weight is 242 g/mol. The number of benzene rings is 1. The Labute approximate surface area is 103 Å². The Morgan fingerprint density at radius 3 is 1.65 bits per heavy atom. The molecule has 98 valence electrons. The molecule has 0 heterocycles. The molecule has 4 heteroatoms. The van der Waals surface area contributed by atoms with Gasteiger partial charge in [-0.25, -0.2) is 0 Å². The summed E-state index contributed by atoms with van der Waals surface area (Å²) in [6, 6.07) is 3.54. The fourth-order valence-corrected chi connectivity index (χ4v) is 1.31. The van der Waals surface area contributed by atoms with Crippen LogP contribution in [-0.2, 0) is 0 Å². The molecular formula is C13H22O4. The van der Waals surface area contributed by atoms with Crippen molar-refractivity contribution < 1.29 is 18.9 Å². The van der Waals surface area contributed by atoms with E-state index >= 15 is 0 Å². The molecular weight excluding hydrogens is 220 g/mol. The van der Waals surface area contributed by atoms with Crippen molar-refractivity contribution in [1.29, 1.82) is 0 Å². The van der Waals surface area contributed by atoms with Gasteiger partial charge in [-0.2, -0.15) is 0 Å². The van der Waals surface area contributed by atoms with E-state index < -0.39 is 0 Å². The maximum absolute atomic E-state index is 5.37. The molecule has 0 aromatic heterocycles. The molecule has 0 atom stereocenters. The van der Waals surface area contributed by atoms with Crippen LogP contribution in [0, 0.1) is 0 Å². The molecule has 0 spiro atoms. The minimum Gasteiger partial charge on any atom is -0.494 e. The average Bonchev–Trinajstić information content (AvgIpc) is 2.40. The fraction of sp³-hybridized carbons (Fsp3) is 0.538. The van der Waals surface area contributed by atoms with E-state index in [-0.39, 0.29) is 0 Å². The highest BCUT2D eigenvalue weighted by Gasteiger charge is 2.13. The highest BCUT2D eigenvalue weighted by molar-refractivity contribution is 5.55. The normalized spacial score (nSPS) is 8.82. The molecule has 0 aliphatic carbocycles. The number of rotatable bonds is 5. The van der Waals surface area contributed by atoms with E-state index in [4.69, 9.17) is 18.9 Å². The van der Waals surface area contributed by atoms with Crippen LogP contribution >= 0.6 is 0 Å². The van der Waals surface area contributed by atoms with Gasteiger partial charge in [0.1, 0.15) is 5.75 Å². The van der Waals surface area contributed by atoms with Gasteiger partial charge in [0.25, 0.3) is 0 Å². The molecule has 0 bridgehead atoms. The van der Waals surface area contributed by atoms with Gasteiger partial charge < -0.3 is 18.9 Å². The predicted octanol–water partition coefficient (Wildman–Crippen LogP) is 3.14. The van der Waals surface area contributed by atoms with Crippen molar-refractivity contribution >= 4 is 0 Å². The van der Waals surface area contributed by atoms with Crippen LogP contribution in [0.1, 0.15) is 20.8 Å². The predicted molar refractivity (Wildman–Crippen MR) is 68.6 cm³/mol. The lowest BCUT2D eigenvalue weighted by atomic mass is 10.2. The van der Waals surface area contributed by atoms with Crippen molar-refractivity contribution in [2.75, 3.05) is 27.9 Å². The van der Waals surface area contributed by atoms with Gasteiger partial charge in [-0.3, -0.25) is 0 Å². The summed E-state index contributed by atoms with van der Waals surface area (Å²) in [7, 11) is 4.72. The highest BCUT2D eigenvalue weighted by Crippen LogP contribution is 2.40. The second kappa shape index (κ2) is 8.56. The molecule has 17 heavy (non-hydrogen) atoms. The smallest absolute Gasteiger partial charge is 0.203 e. The molecule has 0 radical (unpaired) electrons. The zero-order valence-electron chi connectivity index (χ0n) is 11.5. The minimum absolute atomic E-state index is 0.573. The zero-order chi connectivity index (χ0) is 13.3. The fourth-order valence-electron chi connectivity index (χ4n) is 1.31. The van der Waals surface area contributed by atoms with Crippen molar-refractivity contribution in [3.63, 3.8) is 0 Å². The number of ether oxygens (including phenoxy) is 4. The topological polar surface area (TPSA) is 36.9 Å². The first kappa shape index (κ1) is 15.4. The second-order valence-corrected chi connectivity index (χ2v) is 2.79. The van der Waals surface area contributed by atoms with Gasteiger partial charge in [0, 0.05) is 12.1 Å². The molecule has 1 aromatic rings. The summed E-state index contributed by atoms with van der Waals surface area (Å²) < 4.78 is 20.9. The summed E-state index contributed by atoms with van der Waals surface area (Å²) in [6.45, 7) is 6.52. The molecule has 0 unspecified atom stereocenters. The SMILES string of the molecule is CC.CCOc1cc(OC)c(OC)c(OC)c1.